The van der Waals surface area contributed by atoms with Gasteiger partial charge in [0.15, 0.2) is 5.60 Å². The number of nitrogens with zero attached hydrogens (tertiary/aromatic N) is 2. The molecule has 1 N–H and O–H groups in total. The molecule has 0 bridgehead atoms. The Morgan fingerprint density at radius 2 is 2.13 bits per heavy atom. The van der Waals surface area contributed by atoms with E-state index in [1.807, 2.05) is 6.07 Å². The summed E-state index contributed by atoms with van der Waals surface area (Å²) in [4.78, 5) is 41.0. The lowest BCUT2D eigenvalue weighted by atomic mass is 9.86. The molecule has 5 rings (SSSR count). The lowest BCUT2D eigenvalue weighted by molar-refractivity contribution is -0.172. The second kappa shape index (κ2) is 6.38. The van der Waals surface area contributed by atoms with Gasteiger partial charge in [-0.05, 0) is 36.8 Å². The second-order valence-electron chi connectivity index (χ2n) is 7.29. The van der Waals surface area contributed by atoms with Crippen molar-refractivity contribution >= 4 is 33.9 Å². The minimum atomic E-state index is -1.86. The van der Waals surface area contributed by atoms with Gasteiger partial charge in [-0.2, -0.15) is 0 Å². The van der Waals surface area contributed by atoms with Crippen LogP contribution in [-0.2, 0) is 28.3 Å². The van der Waals surface area contributed by atoms with Gasteiger partial charge in [0.2, 0.25) is 0 Å². The molecule has 3 aromatic rings. The summed E-state index contributed by atoms with van der Waals surface area (Å²) in [5, 5.41) is 11.6. The maximum absolute atomic E-state index is 13.1. The van der Waals surface area contributed by atoms with Gasteiger partial charge in [-0.3, -0.25) is 4.79 Å². The number of hydrogen-bond acceptors (Lipinski definition) is 7. The van der Waals surface area contributed by atoms with Crippen LogP contribution in [0.25, 0.3) is 22.3 Å². The molecular formula is C21H15ClN2O6. The molecule has 2 aliphatic rings. The third-order valence-corrected chi connectivity index (χ3v) is 5.75. The summed E-state index contributed by atoms with van der Waals surface area (Å²) in [5.41, 5.74) is -0.00449. The van der Waals surface area contributed by atoms with E-state index in [1.165, 1.54) is 0 Å². The van der Waals surface area contributed by atoms with E-state index < -0.39 is 17.0 Å². The fourth-order valence-corrected chi connectivity index (χ4v) is 4.21. The summed E-state index contributed by atoms with van der Waals surface area (Å²) in [6.45, 7) is 1.78. The highest BCUT2D eigenvalue weighted by Gasteiger charge is 2.45. The molecule has 4 heterocycles. The van der Waals surface area contributed by atoms with Crippen molar-refractivity contribution in [3.8, 4) is 17.1 Å². The number of aliphatic hydroxyl groups is 1. The second-order valence-corrected chi connectivity index (χ2v) is 7.60. The van der Waals surface area contributed by atoms with E-state index in [2.05, 4.69) is 4.98 Å². The first-order valence-corrected chi connectivity index (χ1v) is 9.68. The highest BCUT2D eigenvalue weighted by atomic mass is 35.5. The fraction of sp³-hybridized carbons (Fsp3) is 0.238. The summed E-state index contributed by atoms with van der Waals surface area (Å²) in [7, 11) is 0. The standard InChI is InChI=1S/C21H15ClN2O6/c1-2-21(28)14-7-16-17-11(8-24(16)18(25)13(14)9-29-19(21)26)5-10-6-12(30-20(22)27)3-4-15(10)23-17/h3-7,28H,2,8-9H2,1H3. The number of carbonyl (C=O) groups excluding carboxylic acids is 2. The first-order valence-electron chi connectivity index (χ1n) is 9.30. The normalized spacial score (nSPS) is 19.1. The van der Waals surface area contributed by atoms with Crippen molar-refractivity contribution in [1.29, 1.82) is 0 Å². The van der Waals surface area contributed by atoms with Gasteiger partial charge in [-0.15, -0.1) is 0 Å². The average Bonchev–Trinajstić information content (AvgIpc) is 3.07. The number of benzene rings is 1. The summed E-state index contributed by atoms with van der Waals surface area (Å²) in [6, 6.07) is 8.42. The number of rotatable bonds is 2. The number of fused-ring (bicyclic) bond motifs is 5. The minimum Gasteiger partial charge on any atom is -0.458 e. The lowest BCUT2D eigenvalue weighted by Crippen LogP contribution is -2.44. The Kier molecular flexibility index (Phi) is 4.00. The van der Waals surface area contributed by atoms with Crippen molar-refractivity contribution in [3.63, 3.8) is 0 Å². The molecule has 0 saturated carbocycles. The van der Waals surface area contributed by atoms with Gasteiger partial charge in [-0.1, -0.05) is 6.92 Å². The Labute approximate surface area is 174 Å². The number of carbonyl (C=O) groups is 2. The minimum absolute atomic E-state index is 0.0851. The highest BCUT2D eigenvalue weighted by Crippen LogP contribution is 2.38. The smallest absolute Gasteiger partial charge is 0.409 e. The van der Waals surface area contributed by atoms with Crippen LogP contribution in [0.5, 0.6) is 5.75 Å². The van der Waals surface area contributed by atoms with Crippen LogP contribution in [0.1, 0.15) is 30.0 Å². The van der Waals surface area contributed by atoms with Crippen LogP contribution in [0.2, 0.25) is 0 Å². The van der Waals surface area contributed by atoms with E-state index in [1.54, 1.807) is 35.8 Å². The van der Waals surface area contributed by atoms with E-state index in [4.69, 9.17) is 21.1 Å². The van der Waals surface area contributed by atoms with Crippen LogP contribution in [0, 0.1) is 0 Å². The molecule has 2 aliphatic heterocycles. The largest absolute Gasteiger partial charge is 0.458 e. The van der Waals surface area contributed by atoms with Crippen molar-refractivity contribution in [2.75, 3.05) is 0 Å². The van der Waals surface area contributed by atoms with Crippen molar-refractivity contribution in [3.05, 3.63) is 57.4 Å². The molecule has 9 heteroatoms. The highest BCUT2D eigenvalue weighted by molar-refractivity contribution is 6.61. The molecule has 30 heavy (non-hydrogen) atoms. The van der Waals surface area contributed by atoms with Crippen LogP contribution in [0.4, 0.5) is 4.79 Å². The maximum Gasteiger partial charge on any atom is 0.409 e. The number of aromatic nitrogens is 2. The van der Waals surface area contributed by atoms with E-state index in [9.17, 15) is 19.5 Å². The number of esters is 1. The van der Waals surface area contributed by atoms with Crippen molar-refractivity contribution < 1.29 is 24.2 Å². The molecule has 0 aliphatic carbocycles. The molecule has 8 nitrogen and oxygen atoms in total. The van der Waals surface area contributed by atoms with Crippen LogP contribution in [0.15, 0.2) is 35.1 Å². The molecule has 1 atom stereocenters. The van der Waals surface area contributed by atoms with Crippen LogP contribution >= 0.6 is 11.6 Å². The van der Waals surface area contributed by atoms with Gasteiger partial charge in [-0.25, -0.2) is 14.6 Å². The molecule has 152 valence electrons. The molecule has 0 amide bonds. The molecule has 0 spiro atoms. The van der Waals surface area contributed by atoms with Crippen LogP contribution in [-0.4, -0.2) is 26.1 Å². The summed E-state index contributed by atoms with van der Waals surface area (Å²) in [5.74, 6) is -0.469. The lowest BCUT2D eigenvalue weighted by Gasteiger charge is -2.31. The summed E-state index contributed by atoms with van der Waals surface area (Å²) >= 11 is 5.27. The van der Waals surface area contributed by atoms with E-state index in [0.29, 0.717) is 16.9 Å². The van der Waals surface area contributed by atoms with Gasteiger partial charge < -0.3 is 19.1 Å². The molecular weight excluding hydrogens is 412 g/mol. The Morgan fingerprint density at radius 3 is 2.87 bits per heavy atom. The SMILES string of the molecule is CCC1(O)C(=O)OCc2c1cc1n(c2=O)Cc2cc3cc(OC(=O)Cl)ccc3nc2-1. The van der Waals surface area contributed by atoms with Crippen LogP contribution in [0.3, 0.4) is 0 Å². The number of hydrogen-bond donors (Lipinski definition) is 1. The zero-order chi connectivity index (χ0) is 21.2. The van der Waals surface area contributed by atoms with E-state index in [0.717, 1.165) is 10.9 Å². The molecule has 0 fully saturated rings. The average molecular weight is 427 g/mol. The van der Waals surface area contributed by atoms with Gasteiger partial charge in [0.1, 0.15) is 12.4 Å². The van der Waals surface area contributed by atoms with Crippen LogP contribution < -0.4 is 10.3 Å². The van der Waals surface area contributed by atoms with Gasteiger partial charge in [0.05, 0.1) is 29.0 Å². The van der Waals surface area contributed by atoms with Gasteiger partial charge in [0, 0.05) is 28.1 Å². The molecule has 0 saturated heterocycles. The monoisotopic (exact) mass is 426 g/mol. The molecule has 2 aromatic heterocycles. The van der Waals surface area contributed by atoms with E-state index in [-0.39, 0.29) is 42.0 Å². The third-order valence-electron chi connectivity index (χ3n) is 5.68. The fourth-order valence-electron chi connectivity index (χ4n) is 4.12. The van der Waals surface area contributed by atoms with Crippen molar-refractivity contribution in [2.45, 2.75) is 32.1 Å². The summed E-state index contributed by atoms with van der Waals surface area (Å²) in [6.07, 6.45) is 0.0851. The third kappa shape index (κ3) is 2.57. The molecule has 1 unspecified atom stereocenters. The van der Waals surface area contributed by atoms with Crippen molar-refractivity contribution in [1.82, 2.24) is 9.55 Å². The maximum atomic E-state index is 13.1. The van der Waals surface area contributed by atoms with Gasteiger partial charge >= 0.3 is 11.4 Å². The zero-order valence-corrected chi connectivity index (χ0v) is 16.5. The topological polar surface area (TPSA) is 108 Å². The summed E-state index contributed by atoms with van der Waals surface area (Å²) < 4.78 is 11.5. The Morgan fingerprint density at radius 1 is 1.33 bits per heavy atom. The van der Waals surface area contributed by atoms with Gasteiger partial charge in [0.25, 0.3) is 5.56 Å². The number of pyridine rings is 2. The first kappa shape index (κ1) is 18.8. The molecule has 0 radical (unpaired) electrons. The number of ether oxygens (including phenoxy) is 2. The Bertz CT molecular complexity index is 1330. The Hall–Kier alpha value is -3.23. The van der Waals surface area contributed by atoms with E-state index >= 15 is 0 Å². The Balaban J connectivity index is 1.70. The zero-order valence-electron chi connectivity index (χ0n) is 15.8. The number of halogens is 1. The first-order chi connectivity index (χ1) is 14.3. The van der Waals surface area contributed by atoms with Crippen molar-refractivity contribution in [2.24, 2.45) is 0 Å². The number of cyclic esters (lactones) is 1. The predicted molar refractivity (Wildman–Crippen MR) is 106 cm³/mol. The molecule has 1 aromatic carbocycles. The quantitative estimate of drug-likeness (QED) is 0.388. The predicted octanol–water partition coefficient (Wildman–Crippen LogP) is 2.82.